The average molecular weight is 538 g/mol. The summed E-state index contributed by atoms with van der Waals surface area (Å²) in [5.74, 6) is -0.997. The number of carbonyl (C=O) groups excluding carboxylic acids is 1. The zero-order valence-electron chi connectivity index (χ0n) is 19.9. The summed E-state index contributed by atoms with van der Waals surface area (Å²) in [6, 6.07) is 9.95. The first-order valence-electron chi connectivity index (χ1n) is 11.4. The number of aromatic amines is 1. The molecule has 1 aliphatic rings. The lowest BCUT2D eigenvalue weighted by atomic mass is 10.2. The van der Waals surface area contributed by atoms with Crippen LogP contribution in [0.15, 0.2) is 57.6 Å². The molecule has 0 atom stereocenters. The molecule has 0 saturated carbocycles. The number of aryl methyl sites for hydroxylation is 1. The van der Waals surface area contributed by atoms with Gasteiger partial charge < -0.3 is 14.4 Å². The number of hydrogen-bond donors (Lipinski definition) is 2. The summed E-state index contributed by atoms with van der Waals surface area (Å²) in [4.78, 5) is 56.6. The van der Waals surface area contributed by atoms with Gasteiger partial charge in [-0.1, -0.05) is 23.7 Å². The number of fused-ring (bicyclic) bond motifs is 1. The minimum atomic E-state index is -1.18. The van der Waals surface area contributed by atoms with Crippen molar-refractivity contribution in [2.24, 2.45) is 0 Å². The number of rotatable bonds is 8. The van der Waals surface area contributed by atoms with Gasteiger partial charge in [0.1, 0.15) is 12.4 Å². The van der Waals surface area contributed by atoms with Crippen molar-refractivity contribution in [2.45, 2.75) is 26.6 Å². The van der Waals surface area contributed by atoms with Gasteiger partial charge in [-0.3, -0.25) is 24.0 Å². The molecule has 5 rings (SSSR count). The molecule has 0 radical (unpaired) electrons. The Morgan fingerprint density at radius 3 is 2.50 bits per heavy atom. The molecule has 0 aliphatic carbocycles. The monoisotopic (exact) mass is 537 g/mol. The van der Waals surface area contributed by atoms with E-state index in [1.807, 2.05) is 6.92 Å². The van der Waals surface area contributed by atoms with Crippen molar-refractivity contribution in [1.29, 1.82) is 0 Å². The van der Waals surface area contributed by atoms with Crippen LogP contribution in [-0.2, 0) is 29.3 Å². The smallest absolute Gasteiger partial charge is 0.333 e. The summed E-state index contributed by atoms with van der Waals surface area (Å²) < 4.78 is 8.75. The second kappa shape index (κ2) is 9.94. The number of nitrogens with zero attached hydrogens (tertiary/aromatic N) is 6. The normalized spacial score (nSPS) is 13.3. The molecule has 38 heavy (non-hydrogen) atoms. The second-order valence-corrected chi connectivity index (χ2v) is 8.77. The van der Waals surface area contributed by atoms with E-state index in [2.05, 4.69) is 20.2 Å². The Hall–Kier alpha value is -4.78. The van der Waals surface area contributed by atoms with Gasteiger partial charge >= 0.3 is 11.7 Å². The van der Waals surface area contributed by atoms with Gasteiger partial charge in [0.2, 0.25) is 5.88 Å². The van der Waals surface area contributed by atoms with Crippen LogP contribution < -0.4 is 20.9 Å². The lowest BCUT2D eigenvalue weighted by molar-refractivity contribution is -0.132. The summed E-state index contributed by atoms with van der Waals surface area (Å²) in [6.07, 6.45) is 1.04. The zero-order chi connectivity index (χ0) is 27.0. The van der Waals surface area contributed by atoms with Crippen molar-refractivity contribution in [3.8, 4) is 5.88 Å². The zero-order valence-corrected chi connectivity index (χ0v) is 20.7. The number of amides is 1. The first kappa shape index (κ1) is 24.9. The van der Waals surface area contributed by atoms with E-state index in [0.717, 1.165) is 11.6 Å². The molecular formula is C24H20ClN7O6. The van der Waals surface area contributed by atoms with Gasteiger partial charge in [-0.05, 0) is 30.7 Å². The quantitative estimate of drug-likeness (QED) is 0.337. The van der Waals surface area contributed by atoms with E-state index >= 15 is 0 Å². The van der Waals surface area contributed by atoms with Crippen molar-refractivity contribution in [3.05, 3.63) is 85.3 Å². The SMILES string of the molecule is CCn1c(COc2ccc(N3CC(C(=O)O)=CC3=O)nn2)nc2c1c(=O)[nH]c(=O)n2Cc1ccc(Cl)cc1. The molecule has 3 aromatic heterocycles. The number of carboxylic acid groups (broad SMARTS) is 1. The number of nitrogens with one attached hydrogen (secondary N) is 1. The fraction of sp³-hybridized carbons (Fsp3) is 0.208. The number of imidazole rings is 1. The topological polar surface area (TPSA) is 165 Å². The van der Waals surface area contributed by atoms with Gasteiger partial charge in [0.05, 0.1) is 18.7 Å². The molecule has 1 amide bonds. The van der Waals surface area contributed by atoms with Crippen LogP contribution in [-0.4, -0.2) is 52.8 Å². The molecule has 14 heteroatoms. The number of halogens is 1. The maximum atomic E-state index is 12.7. The molecule has 0 bridgehead atoms. The Labute approximate surface area is 218 Å². The van der Waals surface area contributed by atoms with E-state index in [0.29, 0.717) is 17.4 Å². The molecule has 4 aromatic rings. The van der Waals surface area contributed by atoms with E-state index in [9.17, 15) is 19.2 Å². The van der Waals surface area contributed by atoms with Gasteiger partial charge in [0, 0.05) is 23.7 Å². The highest BCUT2D eigenvalue weighted by molar-refractivity contribution is 6.30. The Morgan fingerprint density at radius 1 is 1.11 bits per heavy atom. The summed E-state index contributed by atoms with van der Waals surface area (Å²) in [5.41, 5.74) is 0.0439. The molecule has 4 heterocycles. The van der Waals surface area contributed by atoms with Crippen LogP contribution in [0.3, 0.4) is 0 Å². The average Bonchev–Trinajstić information content (AvgIpc) is 3.47. The predicted octanol–water partition coefficient (Wildman–Crippen LogP) is 1.33. The molecule has 0 saturated heterocycles. The molecule has 194 valence electrons. The fourth-order valence-electron chi connectivity index (χ4n) is 4.10. The summed E-state index contributed by atoms with van der Waals surface area (Å²) in [7, 11) is 0. The number of H-pyrrole nitrogens is 1. The highest BCUT2D eigenvalue weighted by atomic mass is 35.5. The van der Waals surface area contributed by atoms with Crippen LogP contribution >= 0.6 is 11.6 Å². The van der Waals surface area contributed by atoms with Crippen molar-refractivity contribution in [2.75, 3.05) is 11.4 Å². The van der Waals surface area contributed by atoms with E-state index < -0.39 is 23.1 Å². The van der Waals surface area contributed by atoms with Crippen LogP contribution in [0.2, 0.25) is 5.02 Å². The standard InChI is InChI=1S/C24H20ClN7O6/c1-2-30-17(12-38-18-8-7-16(28-29-18)31-11-14(23(35)36)9-19(31)33)26-21-20(30)22(34)27-24(37)32(21)10-13-3-5-15(25)6-4-13/h3-9H,2,10-12H2,1H3,(H,35,36)(H,27,34,37). The Morgan fingerprint density at radius 2 is 1.87 bits per heavy atom. The second-order valence-electron chi connectivity index (χ2n) is 8.33. The van der Waals surface area contributed by atoms with Gasteiger partial charge in [-0.15, -0.1) is 10.2 Å². The van der Waals surface area contributed by atoms with E-state index in [1.54, 1.807) is 28.8 Å². The van der Waals surface area contributed by atoms with Crippen molar-refractivity contribution in [3.63, 3.8) is 0 Å². The molecule has 0 unspecified atom stereocenters. The number of carboxylic acids is 1. The van der Waals surface area contributed by atoms with Crippen LogP contribution in [0.5, 0.6) is 5.88 Å². The van der Waals surface area contributed by atoms with E-state index in [1.165, 1.54) is 21.6 Å². The Bertz CT molecular complexity index is 1700. The van der Waals surface area contributed by atoms with Gasteiger partial charge in [-0.2, -0.15) is 0 Å². The molecular weight excluding hydrogens is 518 g/mol. The van der Waals surface area contributed by atoms with Gasteiger partial charge in [-0.25, -0.2) is 14.6 Å². The highest BCUT2D eigenvalue weighted by Gasteiger charge is 2.28. The van der Waals surface area contributed by atoms with E-state index in [-0.39, 0.29) is 48.1 Å². The first-order chi connectivity index (χ1) is 18.2. The molecule has 0 spiro atoms. The minimum Gasteiger partial charge on any atom is -0.478 e. The summed E-state index contributed by atoms with van der Waals surface area (Å²) in [6.45, 7) is 2.19. The number of carbonyl (C=O) groups is 2. The van der Waals surface area contributed by atoms with Gasteiger partial charge in [0.25, 0.3) is 11.5 Å². The third kappa shape index (κ3) is 4.66. The van der Waals surface area contributed by atoms with Crippen LogP contribution in [0, 0.1) is 0 Å². The lowest BCUT2D eigenvalue weighted by Crippen LogP contribution is -2.31. The lowest BCUT2D eigenvalue weighted by Gasteiger charge is -2.14. The third-order valence-electron chi connectivity index (χ3n) is 5.95. The first-order valence-corrected chi connectivity index (χ1v) is 11.8. The summed E-state index contributed by atoms with van der Waals surface area (Å²) >= 11 is 5.96. The Kier molecular flexibility index (Phi) is 6.51. The minimum absolute atomic E-state index is 0.0416. The maximum Gasteiger partial charge on any atom is 0.333 e. The third-order valence-corrected chi connectivity index (χ3v) is 6.21. The maximum absolute atomic E-state index is 12.7. The molecule has 2 N–H and O–H groups in total. The van der Waals surface area contributed by atoms with Crippen molar-refractivity contribution < 1.29 is 19.4 Å². The molecule has 1 aliphatic heterocycles. The Balaban J connectivity index is 1.39. The van der Waals surface area contributed by atoms with E-state index in [4.69, 9.17) is 21.4 Å². The van der Waals surface area contributed by atoms with Crippen LogP contribution in [0.1, 0.15) is 18.3 Å². The highest BCUT2D eigenvalue weighted by Crippen LogP contribution is 2.21. The molecule has 1 aromatic carbocycles. The fourth-order valence-corrected chi connectivity index (χ4v) is 4.23. The van der Waals surface area contributed by atoms with Crippen LogP contribution in [0.4, 0.5) is 5.82 Å². The molecule has 0 fully saturated rings. The van der Waals surface area contributed by atoms with Crippen molar-refractivity contribution in [1.82, 2.24) is 29.3 Å². The molecule has 13 nitrogen and oxygen atoms in total. The number of ether oxygens (including phenoxy) is 1. The number of anilines is 1. The summed E-state index contributed by atoms with van der Waals surface area (Å²) in [5, 5.41) is 17.6. The largest absolute Gasteiger partial charge is 0.478 e. The number of benzene rings is 1. The number of hydrogen-bond acceptors (Lipinski definition) is 8. The number of aliphatic carboxylic acids is 1. The van der Waals surface area contributed by atoms with Crippen LogP contribution in [0.25, 0.3) is 11.2 Å². The predicted molar refractivity (Wildman–Crippen MR) is 135 cm³/mol. The van der Waals surface area contributed by atoms with Gasteiger partial charge in [0.15, 0.2) is 17.0 Å². The number of aromatic nitrogens is 6. The van der Waals surface area contributed by atoms with Crippen molar-refractivity contribution >= 4 is 40.5 Å².